The van der Waals surface area contributed by atoms with E-state index < -0.39 is 53.7 Å². The predicted molar refractivity (Wildman–Crippen MR) is 178 cm³/mol. The molecule has 4 atom stereocenters. The van der Waals surface area contributed by atoms with E-state index >= 15 is 0 Å². The zero-order valence-corrected chi connectivity index (χ0v) is 28.6. The van der Waals surface area contributed by atoms with Crippen LogP contribution in [0.15, 0.2) is 48.5 Å². The maximum atomic E-state index is 13.7. The molecule has 1 heterocycles. The number of nitrogens with zero attached hydrogens (tertiary/aromatic N) is 1. The first kappa shape index (κ1) is 37.1. The Labute approximate surface area is 281 Å². The molecule has 1 aliphatic heterocycles. The van der Waals surface area contributed by atoms with Crippen LogP contribution >= 0.6 is 11.6 Å². The number of hydrogen-bond donors (Lipinski definition) is 4. The average molecular weight is 672 g/mol. The van der Waals surface area contributed by atoms with E-state index in [9.17, 15) is 24.0 Å². The minimum Gasteiger partial charge on any atom is -0.497 e. The molecule has 1 aliphatic rings. The molecule has 1 fully saturated rings. The number of methoxy groups -OCH3 is 1. The molecule has 3 rings (SSSR count). The quantitative estimate of drug-likeness (QED) is 0.319. The third-order valence-electron chi connectivity index (χ3n) is 7.76. The molecule has 0 radical (unpaired) electrons. The van der Waals surface area contributed by atoms with Crippen LogP contribution in [0.1, 0.15) is 46.6 Å². The molecule has 0 saturated carbocycles. The van der Waals surface area contributed by atoms with Crippen molar-refractivity contribution in [2.24, 2.45) is 11.8 Å². The van der Waals surface area contributed by atoms with Gasteiger partial charge in [-0.2, -0.15) is 0 Å². The second-order valence-electron chi connectivity index (χ2n) is 12.5. The van der Waals surface area contributed by atoms with E-state index in [0.717, 1.165) is 5.56 Å². The molecule has 47 heavy (non-hydrogen) atoms. The summed E-state index contributed by atoms with van der Waals surface area (Å²) in [6.45, 7) is 8.35. The van der Waals surface area contributed by atoms with Crippen LogP contribution in [0.2, 0.25) is 5.02 Å². The monoisotopic (exact) mass is 671 g/mol. The number of amides is 5. The van der Waals surface area contributed by atoms with Crippen LogP contribution in [-0.4, -0.2) is 85.4 Å². The molecule has 12 nitrogen and oxygen atoms in total. The highest BCUT2D eigenvalue weighted by molar-refractivity contribution is 6.30. The van der Waals surface area contributed by atoms with Gasteiger partial charge in [-0.1, -0.05) is 51.4 Å². The Morgan fingerprint density at radius 3 is 2.06 bits per heavy atom. The SMILES string of the molecule is COc1ccc(C[C@@H]2NC(=O)[C@H](CC(C)C)NC(=O)CN(C(=O)COc3ccc(Cl)cc3)C[C@H](C(C)C)NC(=O)[C@@H](C)NC2=O)cc1. The van der Waals surface area contributed by atoms with Crippen molar-refractivity contribution >= 4 is 41.1 Å². The van der Waals surface area contributed by atoms with Gasteiger partial charge in [0.2, 0.25) is 23.6 Å². The summed E-state index contributed by atoms with van der Waals surface area (Å²) < 4.78 is 10.9. The van der Waals surface area contributed by atoms with Crippen LogP contribution in [0.25, 0.3) is 0 Å². The average Bonchev–Trinajstić information content (AvgIpc) is 3.02. The van der Waals surface area contributed by atoms with Gasteiger partial charge in [-0.15, -0.1) is 0 Å². The van der Waals surface area contributed by atoms with Crippen molar-refractivity contribution in [3.63, 3.8) is 0 Å². The van der Waals surface area contributed by atoms with E-state index in [1.54, 1.807) is 62.6 Å². The van der Waals surface area contributed by atoms with Crippen LogP contribution in [0, 0.1) is 11.8 Å². The number of carbonyl (C=O) groups is 5. The lowest BCUT2D eigenvalue weighted by atomic mass is 10.0. The first-order valence-electron chi connectivity index (χ1n) is 15.7. The first-order chi connectivity index (χ1) is 22.2. The molecule has 2 aromatic rings. The van der Waals surface area contributed by atoms with E-state index in [-0.39, 0.29) is 44.4 Å². The van der Waals surface area contributed by atoms with Crippen LogP contribution in [0.4, 0.5) is 0 Å². The van der Waals surface area contributed by atoms with Crippen molar-refractivity contribution in [1.82, 2.24) is 26.2 Å². The molecule has 1 saturated heterocycles. The molecule has 5 amide bonds. The normalized spacial score (nSPS) is 21.6. The third kappa shape index (κ3) is 11.8. The van der Waals surface area contributed by atoms with Gasteiger partial charge in [0.05, 0.1) is 13.7 Å². The van der Waals surface area contributed by atoms with E-state index in [4.69, 9.17) is 21.1 Å². The molecule has 0 aliphatic carbocycles. The van der Waals surface area contributed by atoms with Crippen molar-refractivity contribution in [2.75, 3.05) is 26.8 Å². The van der Waals surface area contributed by atoms with E-state index in [0.29, 0.717) is 16.5 Å². The van der Waals surface area contributed by atoms with Crippen LogP contribution < -0.4 is 30.7 Å². The molecule has 4 N–H and O–H groups in total. The van der Waals surface area contributed by atoms with Crippen molar-refractivity contribution in [3.8, 4) is 11.5 Å². The number of benzene rings is 2. The van der Waals surface area contributed by atoms with Crippen molar-refractivity contribution < 1.29 is 33.4 Å². The van der Waals surface area contributed by atoms with Gasteiger partial charge >= 0.3 is 0 Å². The van der Waals surface area contributed by atoms with Gasteiger partial charge in [-0.25, -0.2) is 0 Å². The molecule has 2 aromatic carbocycles. The summed E-state index contributed by atoms with van der Waals surface area (Å²) in [5.41, 5.74) is 0.751. The molecule has 0 unspecified atom stereocenters. The van der Waals surface area contributed by atoms with Crippen LogP contribution in [0.3, 0.4) is 0 Å². The van der Waals surface area contributed by atoms with E-state index in [1.165, 1.54) is 4.90 Å². The number of nitrogens with one attached hydrogen (secondary N) is 4. The van der Waals surface area contributed by atoms with Crippen molar-refractivity contribution in [3.05, 3.63) is 59.1 Å². The second-order valence-corrected chi connectivity index (χ2v) is 12.9. The zero-order valence-electron chi connectivity index (χ0n) is 27.8. The van der Waals surface area contributed by atoms with Gasteiger partial charge in [-0.3, -0.25) is 24.0 Å². The molecular weight excluding hydrogens is 626 g/mol. The summed E-state index contributed by atoms with van der Waals surface area (Å²) in [6, 6.07) is 10.0. The van der Waals surface area contributed by atoms with Crippen LogP contribution in [0.5, 0.6) is 11.5 Å². The summed E-state index contributed by atoms with van der Waals surface area (Å²) in [7, 11) is 1.55. The summed E-state index contributed by atoms with van der Waals surface area (Å²) >= 11 is 5.95. The predicted octanol–water partition coefficient (Wildman–Crippen LogP) is 2.47. The van der Waals surface area contributed by atoms with Crippen molar-refractivity contribution in [2.45, 2.75) is 71.6 Å². The van der Waals surface area contributed by atoms with Gasteiger partial charge < -0.3 is 35.6 Å². The van der Waals surface area contributed by atoms with Crippen molar-refractivity contribution in [1.29, 1.82) is 0 Å². The Morgan fingerprint density at radius 2 is 1.47 bits per heavy atom. The second kappa shape index (κ2) is 17.6. The number of halogens is 1. The maximum Gasteiger partial charge on any atom is 0.261 e. The largest absolute Gasteiger partial charge is 0.497 e. The topological polar surface area (TPSA) is 155 Å². The van der Waals surface area contributed by atoms with Gasteiger partial charge in [-0.05, 0) is 67.1 Å². The van der Waals surface area contributed by atoms with Gasteiger partial charge in [0.15, 0.2) is 6.61 Å². The minimum atomic E-state index is -1.05. The molecule has 0 spiro atoms. The first-order valence-corrected chi connectivity index (χ1v) is 16.1. The van der Waals surface area contributed by atoms with Gasteiger partial charge in [0.1, 0.15) is 29.6 Å². The summed E-state index contributed by atoms with van der Waals surface area (Å²) in [6.07, 6.45) is 0.413. The fraction of sp³-hybridized carbons (Fsp3) is 0.500. The highest BCUT2D eigenvalue weighted by Gasteiger charge is 2.32. The fourth-order valence-electron chi connectivity index (χ4n) is 4.96. The highest BCUT2D eigenvalue weighted by atomic mass is 35.5. The lowest BCUT2D eigenvalue weighted by molar-refractivity contribution is -0.139. The maximum absolute atomic E-state index is 13.7. The molecule has 256 valence electrons. The Hall–Kier alpha value is -4.32. The smallest absolute Gasteiger partial charge is 0.261 e. The number of hydrogen-bond acceptors (Lipinski definition) is 7. The fourth-order valence-corrected chi connectivity index (χ4v) is 5.09. The van der Waals surface area contributed by atoms with Crippen LogP contribution in [-0.2, 0) is 30.4 Å². The lowest BCUT2D eigenvalue weighted by Gasteiger charge is -2.31. The van der Waals surface area contributed by atoms with Gasteiger partial charge in [0.25, 0.3) is 5.91 Å². The Kier molecular flexibility index (Phi) is 13.9. The molecular formula is C34H46ClN5O7. The van der Waals surface area contributed by atoms with E-state index in [2.05, 4.69) is 21.3 Å². The standard InChI is InChI=1S/C34H46ClN5O7/c1-20(2)15-27-34(45)38-28(16-23-7-11-25(46-6)12-8-23)33(44)36-22(5)32(43)39-29(21(3)4)17-40(18-30(41)37-27)31(42)19-47-26-13-9-24(35)10-14-26/h7-14,20-22,27-29H,15-19H2,1-6H3,(H,36,44)(H,37,41)(H,38,45)(H,39,43)/t22-,27+,28+,29-/m1/s1. The minimum absolute atomic E-state index is 0.0125. The van der Waals surface area contributed by atoms with Gasteiger partial charge in [0, 0.05) is 24.0 Å². The number of ether oxygens (including phenoxy) is 2. The number of carbonyl (C=O) groups excluding carboxylic acids is 5. The Morgan fingerprint density at radius 1 is 0.851 bits per heavy atom. The Bertz CT molecular complexity index is 1380. The third-order valence-corrected chi connectivity index (χ3v) is 8.01. The van der Waals surface area contributed by atoms with E-state index in [1.807, 2.05) is 27.7 Å². The molecule has 0 aromatic heterocycles. The summed E-state index contributed by atoms with van der Waals surface area (Å²) in [5, 5.41) is 11.7. The summed E-state index contributed by atoms with van der Waals surface area (Å²) in [4.78, 5) is 68.7. The zero-order chi connectivity index (χ0) is 34.7. The Balaban J connectivity index is 1.92. The number of rotatable bonds is 9. The highest BCUT2D eigenvalue weighted by Crippen LogP contribution is 2.17. The molecule has 13 heteroatoms. The summed E-state index contributed by atoms with van der Waals surface area (Å²) in [5.74, 6) is -1.74. The molecule has 0 bridgehead atoms. The lowest BCUT2D eigenvalue weighted by Crippen LogP contribution is -2.57.